The lowest BCUT2D eigenvalue weighted by atomic mass is 10.1. The van der Waals surface area contributed by atoms with E-state index < -0.39 is 0 Å². The molecule has 0 bridgehead atoms. The van der Waals surface area contributed by atoms with Crippen LogP contribution < -0.4 is 5.32 Å². The van der Waals surface area contributed by atoms with Crippen LogP contribution in [-0.2, 0) is 5.75 Å². The van der Waals surface area contributed by atoms with Gasteiger partial charge in [-0.3, -0.25) is 0 Å². The highest BCUT2D eigenvalue weighted by atomic mass is 32.2. The number of rotatable bonds is 4. The highest BCUT2D eigenvalue weighted by Crippen LogP contribution is 2.20. The number of nitrogens with one attached hydrogen (secondary N) is 1. The van der Waals surface area contributed by atoms with E-state index in [9.17, 15) is 0 Å². The first kappa shape index (κ1) is 8.60. The average Bonchev–Trinajstić information content (AvgIpc) is 2.46. The van der Waals surface area contributed by atoms with E-state index in [4.69, 9.17) is 0 Å². The molecule has 0 aromatic carbocycles. The Morgan fingerprint density at radius 1 is 1.58 bits per heavy atom. The summed E-state index contributed by atoms with van der Waals surface area (Å²) in [5.41, 5.74) is 0. The van der Waals surface area contributed by atoms with Gasteiger partial charge in [-0.1, -0.05) is 6.07 Å². The maximum absolute atomic E-state index is 3.29. The normalized spacial score (nSPS) is 17.7. The van der Waals surface area contributed by atoms with Crippen molar-refractivity contribution in [2.45, 2.75) is 5.75 Å². The van der Waals surface area contributed by atoms with Crippen LogP contribution >= 0.6 is 23.1 Å². The van der Waals surface area contributed by atoms with Gasteiger partial charge in [-0.15, -0.1) is 11.3 Å². The third kappa shape index (κ3) is 2.25. The van der Waals surface area contributed by atoms with Crippen molar-refractivity contribution in [3.05, 3.63) is 22.4 Å². The zero-order chi connectivity index (χ0) is 8.23. The van der Waals surface area contributed by atoms with Gasteiger partial charge >= 0.3 is 0 Å². The van der Waals surface area contributed by atoms with E-state index in [2.05, 4.69) is 34.6 Å². The second kappa shape index (κ2) is 4.30. The highest BCUT2D eigenvalue weighted by molar-refractivity contribution is 7.98. The summed E-state index contributed by atoms with van der Waals surface area (Å²) in [5.74, 6) is 3.47. The third-order valence-corrected chi connectivity index (χ3v) is 4.33. The lowest BCUT2D eigenvalue weighted by molar-refractivity contribution is 0.385. The second-order valence-corrected chi connectivity index (χ2v) is 5.18. The summed E-state index contributed by atoms with van der Waals surface area (Å²) in [6.07, 6.45) is 0. The molecule has 1 saturated heterocycles. The first-order chi connectivity index (χ1) is 5.95. The number of thiophene rings is 1. The molecule has 1 fully saturated rings. The average molecular weight is 199 g/mol. The van der Waals surface area contributed by atoms with Crippen LogP contribution in [0.3, 0.4) is 0 Å². The molecule has 1 aromatic rings. The van der Waals surface area contributed by atoms with Crippen LogP contribution in [0.5, 0.6) is 0 Å². The molecule has 66 valence electrons. The summed E-state index contributed by atoms with van der Waals surface area (Å²) >= 11 is 3.93. The fraction of sp³-hybridized carbons (Fsp3) is 0.556. The van der Waals surface area contributed by atoms with Crippen molar-refractivity contribution in [1.82, 2.24) is 5.32 Å². The summed E-state index contributed by atoms with van der Waals surface area (Å²) in [7, 11) is 0. The first-order valence-electron chi connectivity index (χ1n) is 4.26. The monoisotopic (exact) mass is 199 g/mol. The second-order valence-electron chi connectivity index (χ2n) is 3.12. The fourth-order valence-electron chi connectivity index (χ4n) is 1.19. The largest absolute Gasteiger partial charge is 0.316 e. The summed E-state index contributed by atoms with van der Waals surface area (Å²) < 4.78 is 0. The Labute approximate surface area is 81.6 Å². The Kier molecular flexibility index (Phi) is 3.08. The lowest BCUT2D eigenvalue weighted by Crippen LogP contribution is -2.43. The zero-order valence-corrected chi connectivity index (χ0v) is 8.59. The minimum Gasteiger partial charge on any atom is -0.316 e. The van der Waals surface area contributed by atoms with Crippen molar-refractivity contribution in [3.63, 3.8) is 0 Å². The SMILES string of the molecule is c1csc(CSCC2CNC2)c1. The molecule has 3 heteroatoms. The van der Waals surface area contributed by atoms with Gasteiger partial charge in [-0.05, 0) is 36.2 Å². The van der Waals surface area contributed by atoms with Crippen LogP contribution in [0.4, 0.5) is 0 Å². The summed E-state index contributed by atoms with van der Waals surface area (Å²) in [6, 6.07) is 4.35. The summed E-state index contributed by atoms with van der Waals surface area (Å²) in [4.78, 5) is 1.51. The Hall–Kier alpha value is 0.01000. The maximum atomic E-state index is 3.29. The maximum Gasteiger partial charge on any atom is 0.0279 e. The molecule has 2 rings (SSSR count). The molecule has 1 N–H and O–H groups in total. The standard InChI is InChI=1S/C9H13NS2/c1-2-9(12-3-1)7-11-6-8-4-10-5-8/h1-3,8,10H,4-7H2. The van der Waals surface area contributed by atoms with E-state index in [0.29, 0.717) is 0 Å². The fourth-order valence-corrected chi connectivity index (χ4v) is 3.18. The van der Waals surface area contributed by atoms with Gasteiger partial charge in [0.2, 0.25) is 0 Å². The van der Waals surface area contributed by atoms with Crippen molar-refractivity contribution in [2.75, 3.05) is 18.8 Å². The molecule has 0 spiro atoms. The molecule has 2 heterocycles. The van der Waals surface area contributed by atoms with E-state index in [1.807, 2.05) is 11.3 Å². The van der Waals surface area contributed by atoms with Crippen molar-refractivity contribution >= 4 is 23.1 Å². The molecule has 12 heavy (non-hydrogen) atoms. The number of hydrogen-bond donors (Lipinski definition) is 1. The molecule has 1 nitrogen and oxygen atoms in total. The van der Waals surface area contributed by atoms with E-state index in [1.165, 1.54) is 29.5 Å². The molecular formula is C9H13NS2. The lowest BCUT2D eigenvalue weighted by Gasteiger charge is -2.26. The van der Waals surface area contributed by atoms with E-state index in [0.717, 1.165) is 5.92 Å². The molecule has 1 aliphatic heterocycles. The molecular weight excluding hydrogens is 186 g/mol. The Bertz CT molecular complexity index is 216. The van der Waals surface area contributed by atoms with Crippen molar-refractivity contribution < 1.29 is 0 Å². The Morgan fingerprint density at radius 3 is 3.08 bits per heavy atom. The Morgan fingerprint density at radius 2 is 2.50 bits per heavy atom. The quantitative estimate of drug-likeness (QED) is 0.798. The van der Waals surface area contributed by atoms with Crippen LogP contribution in [0.2, 0.25) is 0 Å². The number of thioether (sulfide) groups is 1. The van der Waals surface area contributed by atoms with Crippen LogP contribution in [0.1, 0.15) is 4.88 Å². The van der Waals surface area contributed by atoms with E-state index in [1.54, 1.807) is 0 Å². The molecule has 1 aromatic heterocycles. The Balaban J connectivity index is 1.62. The topological polar surface area (TPSA) is 12.0 Å². The van der Waals surface area contributed by atoms with Crippen molar-refractivity contribution in [1.29, 1.82) is 0 Å². The van der Waals surface area contributed by atoms with Crippen LogP contribution in [-0.4, -0.2) is 18.8 Å². The van der Waals surface area contributed by atoms with Crippen LogP contribution in [0.15, 0.2) is 17.5 Å². The molecule has 0 unspecified atom stereocenters. The first-order valence-corrected chi connectivity index (χ1v) is 6.29. The molecule has 0 atom stereocenters. The minimum atomic E-state index is 0.940. The molecule has 0 saturated carbocycles. The highest BCUT2D eigenvalue weighted by Gasteiger charge is 2.15. The van der Waals surface area contributed by atoms with Crippen molar-refractivity contribution in [3.8, 4) is 0 Å². The number of hydrogen-bond acceptors (Lipinski definition) is 3. The van der Waals surface area contributed by atoms with Gasteiger partial charge in [-0.25, -0.2) is 0 Å². The van der Waals surface area contributed by atoms with E-state index in [-0.39, 0.29) is 0 Å². The van der Waals surface area contributed by atoms with E-state index >= 15 is 0 Å². The van der Waals surface area contributed by atoms with Crippen LogP contribution in [0.25, 0.3) is 0 Å². The third-order valence-electron chi connectivity index (χ3n) is 2.04. The van der Waals surface area contributed by atoms with Gasteiger partial charge in [0.05, 0.1) is 0 Å². The van der Waals surface area contributed by atoms with Gasteiger partial charge in [0.25, 0.3) is 0 Å². The predicted molar refractivity (Wildman–Crippen MR) is 56.8 cm³/mol. The minimum absolute atomic E-state index is 0.940. The van der Waals surface area contributed by atoms with Gasteiger partial charge < -0.3 is 5.32 Å². The zero-order valence-electron chi connectivity index (χ0n) is 6.95. The molecule has 0 amide bonds. The predicted octanol–water partition coefficient (Wildman–Crippen LogP) is 2.20. The molecule has 0 aliphatic carbocycles. The smallest absolute Gasteiger partial charge is 0.0279 e. The van der Waals surface area contributed by atoms with Crippen LogP contribution in [0, 0.1) is 5.92 Å². The summed E-state index contributed by atoms with van der Waals surface area (Å²) in [5, 5.41) is 5.45. The van der Waals surface area contributed by atoms with Gasteiger partial charge in [0.15, 0.2) is 0 Å². The summed E-state index contributed by atoms with van der Waals surface area (Å²) in [6.45, 7) is 2.47. The van der Waals surface area contributed by atoms with Gasteiger partial charge in [-0.2, -0.15) is 11.8 Å². The van der Waals surface area contributed by atoms with Gasteiger partial charge in [0, 0.05) is 10.6 Å². The molecule has 1 aliphatic rings. The molecule has 0 radical (unpaired) electrons. The van der Waals surface area contributed by atoms with Gasteiger partial charge in [0.1, 0.15) is 0 Å². The van der Waals surface area contributed by atoms with Crippen molar-refractivity contribution in [2.24, 2.45) is 5.92 Å².